The zero-order valence-electron chi connectivity index (χ0n) is 6.81. The molecule has 0 radical (unpaired) electrons. The van der Waals surface area contributed by atoms with E-state index in [-0.39, 0.29) is 5.82 Å². The van der Waals surface area contributed by atoms with E-state index in [9.17, 15) is 4.39 Å². The summed E-state index contributed by atoms with van der Waals surface area (Å²) in [6, 6.07) is 5.05. The van der Waals surface area contributed by atoms with E-state index in [4.69, 9.17) is 0 Å². The second kappa shape index (κ2) is 4.87. The molecule has 0 saturated carbocycles. The molecule has 0 unspecified atom stereocenters. The fourth-order valence-electron chi connectivity index (χ4n) is 0.825. The second-order valence-electron chi connectivity index (χ2n) is 2.40. The summed E-state index contributed by atoms with van der Waals surface area (Å²) >= 11 is 4.87. The molecule has 0 aromatic heterocycles. The van der Waals surface area contributed by atoms with Gasteiger partial charge < -0.3 is 0 Å². The molecular weight excluding hydrogens is 239 g/mol. The van der Waals surface area contributed by atoms with Crippen molar-refractivity contribution in [1.29, 1.82) is 0 Å². The minimum absolute atomic E-state index is 0.136. The molecule has 1 aromatic carbocycles. The highest BCUT2D eigenvalue weighted by Gasteiger charge is 2.05. The number of rotatable bonds is 3. The van der Waals surface area contributed by atoms with E-state index in [1.165, 1.54) is 6.07 Å². The highest BCUT2D eigenvalue weighted by Crippen LogP contribution is 2.30. The van der Waals surface area contributed by atoms with Crippen LogP contribution in [0.4, 0.5) is 4.39 Å². The van der Waals surface area contributed by atoms with Crippen molar-refractivity contribution in [3.05, 3.63) is 28.5 Å². The molecule has 0 saturated heterocycles. The van der Waals surface area contributed by atoms with Gasteiger partial charge in [0.1, 0.15) is 5.82 Å². The van der Waals surface area contributed by atoms with Gasteiger partial charge in [-0.1, -0.05) is 13.0 Å². The summed E-state index contributed by atoms with van der Waals surface area (Å²) in [5, 5.41) is 0. The Labute approximate surface area is 84.7 Å². The van der Waals surface area contributed by atoms with Crippen LogP contribution in [0.5, 0.6) is 0 Å². The Kier molecular flexibility index (Phi) is 4.09. The first kappa shape index (κ1) is 10.1. The molecule has 66 valence electrons. The maximum atomic E-state index is 13.1. The topological polar surface area (TPSA) is 0 Å². The van der Waals surface area contributed by atoms with Crippen molar-refractivity contribution in [2.24, 2.45) is 0 Å². The first-order valence-corrected chi connectivity index (χ1v) is 5.60. The predicted octanol–water partition coefficient (Wildman–Crippen LogP) is 4.09. The molecule has 0 aliphatic heterocycles. The van der Waals surface area contributed by atoms with Crippen molar-refractivity contribution < 1.29 is 4.39 Å². The fraction of sp³-hybridized carbons (Fsp3) is 0.333. The van der Waals surface area contributed by atoms with Crippen LogP contribution in [-0.2, 0) is 0 Å². The Morgan fingerprint density at radius 2 is 2.25 bits per heavy atom. The molecule has 0 aliphatic carbocycles. The van der Waals surface area contributed by atoms with Gasteiger partial charge in [0.05, 0.1) is 4.90 Å². The maximum Gasteiger partial charge on any atom is 0.137 e. The minimum atomic E-state index is -0.136. The number of hydrogen-bond acceptors (Lipinski definition) is 1. The molecule has 0 spiro atoms. The summed E-state index contributed by atoms with van der Waals surface area (Å²) in [6.07, 6.45) is 1.06. The summed E-state index contributed by atoms with van der Waals surface area (Å²) in [5.74, 6) is 0.822. The van der Waals surface area contributed by atoms with Crippen molar-refractivity contribution >= 4 is 27.7 Å². The Morgan fingerprint density at radius 1 is 1.50 bits per heavy atom. The van der Waals surface area contributed by atoms with Crippen LogP contribution >= 0.6 is 27.7 Å². The Hall–Kier alpha value is -0.0200. The van der Waals surface area contributed by atoms with Gasteiger partial charge in [-0.2, -0.15) is 0 Å². The van der Waals surface area contributed by atoms with Crippen LogP contribution in [0.25, 0.3) is 0 Å². The summed E-state index contributed by atoms with van der Waals surface area (Å²) in [5.41, 5.74) is 0. The lowest BCUT2D eigenvalue weighted by atomic mass is 10.3. The highest BCUT2D eigenvalue weighted by atomic mass is 79.9. The van der Waals surface area contributed by atoms with Crippen LogP contribution < -0.4 is 0 Å². The highest BCUT2D eigenvalue weighted by molar-refractivity contribution is 9.10. The standard InChI is InChI=1S/C9H10BrFS/c1-2-6-12-9-7(10)4-3-5-8(9)11/h3-5H,2,6H2,1H3. The molecule has 0 fully saturated rings. The summed E-state index contributed by atoms with van der Waals surface area (Å²) in [4.78, 5) is 0.722. The van der Waals surface area contributed by atoms with E-state index in [1.807, 2.05) is 6.07 Å². The van der Waals surface area contributed by atoms with Gasteiger partial charge >= 0.3 is 0 Å². The van der Waals surface area contributed by atoms with Crippen LogP contribution in [-0.4, -0.2) is 5.75 Å². The largest absolute Gasteiger partial charge is 0.206 e. The average molecular weight is 249 g/mol. The van der Waals surface area contributed by atoms with E-state index in [0.717, 1.165) is 21.5 Å². The van der Waals surface area contributed by atoms with Crippen molar-refractivity contribution in [2.45, 2.75) is 18.2 Å². The van der Waals surface area contributed by atoms with Crippen molar-refractivity contribution in [1.82, 2.24) is 0 Å². The SMILES string of the molecule is CCCSc1c(F)cccc1Br. The van der Waals surface area contributed by atoms with Crippen LogP contribution in [0, 0.1) is 5.82 Å². The van der Waals surface area contributed by atoms with E-state index < -0.39 is 0 Å². The number of thioether (sulfide) groups is 1. The second-order valence-corrected chi connectivity index (χ2v) is 4.36. The smallest absolute Gasteiger partial charge is 0.137 e. The number of hydrogen-bond donors (Lipinski definition) is 0. The Bertz CT molecular complexity index is 242. The van der Waals surface area contributed by atoms with E-state index in [2.05, 4.69) is 22.9 Å². The molecule has 0 atom stereocenters. The molecule has 0 heterocycles. The van der Waals surface area contributed by atoms with Gasteiger partial charge in [-0.3, -0.25) is 0 Å². The molecule has 3 heteroatoms. The molecule has 1 aromatic rings. The fourth-order valence-corrected chi connectivity index (χ4v) is 2.33. The zero-order chi connectivity index (χ0) is 8.97. The van der Waals surface area contributed by atoms with E-state index in [0.29, 0.717) is 0 Å². The van der Waals surface area contributed by atoms with E-state index >= 15 is 0 Å². The Morgan fingerprint density at radius 3 is 2.83 bits per heavy atom. The normalized spacial score (nSPS) is 10.2. The summed E-state index contributed by atoms with van der Waals surface area (Å²) in [6.45, 7) is 2.09. The summed E-state index contributed by atoms with van der Waals surface area (Å²) < 4.78 is 14.0. The monoisotopic (exact) mass is 248 g/mol. The lowest BCUT2D eigenvalue weighted by Gasteiger charge is -2.03. The third kappa shape index (κ3) is 2.49. The lowest BCUT2D eigenvalue weighted by molar-refractivity contribution is 0.600. The van der Waals surface area contributed by atoms with Crippen molar-refractivity contribution in [3.8, 4) is 0 Å². The summed E-state index contributed by atoms with van der Waals surface area (Å²) in [7, 11) is 0. The van der Waals surface area contributed by atoms with Gasteiger partial charge in [0, 0.05) is 4.47 Å². The van der Waals surface area contributed by atoms with Gasteiger partial charge in [-0.25, -0.2) is 4.39 Å². The van der Waals surface area contributed by atoms with Gasteiger partial charge in [0.25, 0.3) is 0 Å². The molecule has 12 heavy (non-hydrogen) atoms. The molecule has 0 N–H and O–H groups in total. The lowest BCUT2D eigenvalue weighted by Crippen LogP contribution is -1.83. The van der Waals surface area contributed by atoms with Crippen LogP contribution in [0.2, 0.25) is 0 Å². The predicted molar refractivity (Wildman–Crippen MR) is 55.1 cm³/mol. The zero-order valence-corrected chi connectivity index (χ0v) is 9.21. The molecular formula is C9H10BrFS. The van der Waals surface area contributed by atoms with Crippen molar-refractivity contribution in [3.63, 3.8) is 0 Å². The van der Waals surface area contributed by atoms with E-state index in [1.54, 1.807) is 17.8 Å². The van der Waals surface area contributed by atoms with Gasteiger partial charge in [0.2, 0.25) is 0 Å². The van der Waals surface area contributed by atoms with Crippen LogP contribution in [0.1, 0.15) is 13.3 Å². The number of benzene rings is 1. The molecule has 0 aliphatic rings. The molecule has 1 rings (SSSR count). The third-order valence-corrected chi connectivity index (χ3v) is 3.61. The maximum absolute atomic E-state index is 13.1. The first-order valence-electron chi connectivity index (χ1n) is 3.82. The molecule has 0 amide bonds. The minimum Gasteiger partial charge on any atom is -0.206 e. The van der Waals surface area contributed by atoms with Gasteiger partial charge in [-0.15, -0.1) is 11.8 Å². The van der Waals surface area contributed by atoms with Crippen LogP contribution in [0.15, 0.2) is 27.6 Å². The third-order valence-electron chi connectivity index (χ3n) is 1.37. The first-order chi connectivity index (χ1) is 5.75. The molecule has 0 bridgehead atoms. The Balaban J connectivity index is 2.81. The van der Waals surface area contributed by atoms with Gasteiger partial charge in [0.15, 0.2) is 0 Å². The van der Waals surface area contributed by atoms with Gasteiger partial charge in [-0.05, 0) is 40.2 Å². The average Bonchev–Trinajstić information content (AvgIpc) is 2.04. The molecule has 0 nitrogen and oxygen atoms in total. The number of halogens is 2. The van der Waals surface area contributed by atoms with Crippen LogP contribution in [0.3, 0.4) is 0 Å². The quantitative estimate of drug-likeness (QED) is 0.727. The van der Waals surface area contributed by atoms with Crippen molar-refractivity contribution in [2.75, 3.05) is 5.75 Å².